The SMILES string of the molecule is O=C(Nc1sc2c(c1C(=O)O)CCCCC2)NC1CCCCC1. The number of fused-ring (bicyclic) bond motifs is 1. The molecule has 1 aromatic rings. The van der Waals surface area contributed by atoms with Gasteiger partial charge in [-0.2, -0.15) is 0 Å². The topological polar surface area (TPSA) is 78.4 Å². The summed E-state index contributed by atoms with van der Waals surface area (Å²) in [6, 6.07) is -0.0503. The Bertz CT molecular complexity index is 591. The van der Waals surface area contributed by atoms with Gasteiger partial charge in [0.15, 0.2) is 0 Å². The van der Waals surface area contributed by atoms with Gasteiger partial charge >= 0.3 is 12.0 Å². The lowest BCUT2D eigenvalue weighted by Crippen LogP contribution is -2.39. The number of anilines is 1. The number of hydrogen-bond acceptors (Lipinski definition) is 3. The Morgan fingerprint density at radius 3 is 2.43 bits per heavy atom. The van der Waals surface area contributed by atoms with E-state index in [2.05, 4.69) is 10.6 Å². The minimum atomic E-state index is -0.933. The molecule has 0 radical (unpaired) electrons. The van der Waals surface area contributed by atoms with Gasteiger partial charge in [-0.15, -0.1) is 11.3 Å². The van der Waals surface area contributed by atoms with Crippen LogP contribution in [0.3, 0.4) is 0 Å². The highest BCUT2D eigenvalue weighted by Crippen LogP contribution is 2.37. The second-order valence-electron chi connectivity index (χ2n) is 6.51. The molecule has 3 rings (SSSR count). The summed E-state index contributed by atoms with van der Waals surface area (Å²) in [6.45, 7) is 0. The van der Waals surface area contributed by atoms with Crippen molar-refractivity contribution < 1.29 is 14.7 Å². The van der Waals surface area contributed by atoms with Crippen LogP contribution in [0.15, 0.2) is 0 Å². The second kappa shape index (κ2) is 7.34. The van der Waals surface area contributed by atoms with Crippen molar-refractivity contribution in [3.05, 3.63) is 16.0 Å². The maximum Gasteiger partial charge on any atom is 0.339 e. The van der Waals surface area contributed by atoms with Gasteiger partial charge in [-0.1, -0.05) is 25.7 Å². The van der Waals surface area contributed by atoms with E-state index in [4.69, 9.17) is 0 Å². The smallest absolute Gasteiger partial charge is 0.339 e. The first-order chi connectivity index (χ1) is 11.1. The number of amides is 2. The highest BCUT2D eigenvalue weighted by Gasteiger charge is 2.26. The van der Waals surface area contributed by atoms with E-state index in [0.29, 0.717) is 10.6 Å². The quantitative estimate of drug-likeness (QED) is 0.725. The number of carbonyl (C=O) groups excluding carboxylic acids is 1. The van der Waals surface area contributed by atoms with E-state index in [-0.39, 0.29) is 12.1 Å². The highest BCUT2D eigenvalue weighted by atomic mass is 32.1. The van der Waals surface area contributed by atoms with Gasteiger partial charge in [-0.05, 0) is 44.1 Å². The predicted molar refractivity (Wildman–Crippen MR) is 91.6 cm³/mol. The summed E-state index contributed by atoms with van der Waals surface area (Å²) in [5.74, 6) is -0.933. The Labute approximate surface area is 140 Å². The molecule has 1 heterocycles. The zero-order valence-electron chi connectivity index (χ0n) is 13.3. The Kier molecular flexibility index (Phi) is 5.20. The number of nitrogens with one attached hydrogen (secondary N) is 2. The molecule has 1 saturated carbocycles. The molecule has 0 aliphatic heterocycles. The maximum atomic E-state index is 12.2. The fourth-order valence-corrected chi connectivity index (χ4v) is 4.90. The molecule has 2 aliphatic carbocycles. The van der Waals surface area contributed by atoms with Gasteiger partial charge in [-0.25, -0.2) is 9.59 Å². The lowest BCUT2D eigenvalue weighted by molar-refractivity contribution is 0.0697. The average molecular weight is 336 g/mol. The van der Waals surface area contributed by atoms with Crippen molar-refractivity contribution in [1.29, 1.82) is 0 Å². The van der Waals surface area contributed by atoms with Gasteiger partial charge in [-0.3, -0.25) is 5.32 Å². The van der Waals surface area contributed by atoms with Crippen molar-refractivity contribution in [2.24, 2.45) is 0 Å². The van der Waals surface area contributed by atoms with Crippen LogP contribution in [0.5, 0.6) is 0 Å². The summed E-state index contributed by atoms with van der Waals surface area (Å²) in [5.41, 5.74) is 1.25. The number of thiophene rings is 1. The highest BCUT2D eigenvalue weighted by molar-refractivity contribution is 7.17. The summed E-state index contributed by atoms with van der Waals surface area (Å²) in [6.07, 6.45) is 10.6. The van der Waals surface area contributed by atoms with Crippen LogP contribution in [0.2, 0.25) is 0 Å². The number of carboxylic acid groups (broad SMARTS) is 1. The third-order valence-corrected chi connectivity index (χ3v) is 6.01. The van der Waals surface area contributed by atoms with Crippen LogP contribution in [0.4, 0.5) is 9.80 Å². The van der Waals surface area contributed by atoms with Gasteiger partial charge in [0, 0.05) is 10.9 Å². The molecule has 3 N–H and O–H groups in total. The van der Waals surface area contributed by atoms with Crippen molar-refractivity contribution >= 4 is 28.3 Å². The average Bonchev–Trinajstić information content (AvgIpc) is 2.70. The van der Waals surface area contributed by atoms with Gasteiger partial charge in [0.1, 0.15) is 5.00 Å². The van der Waals surface area contributed by atoms with E-state index >= 15 is 0 Å². The van der Waals surface area contributed by atoms with Crippen molar-refractivity contribution in [1.82, 2.24) is 5.32 Å². The monoisotopic (exact) mass is 336 g/mol. The Hall–Kier alpha value is -1.56. The lowest BCUT2D eigenvalue weighted by atomic mass is 9.96. The van der Waals surface area contributed by atoms with Crippen LogP contribution in [0.25, 0.3) is 0 Å². The standard InChI is InChI=1S/C17H24N2O3S/c20-16(21)14-12-9-5-2-6-10-13(12)23-15(14)19-17(22)18-11-7-3-1-4-8-11/h11H,1-10H2,(H,20,21)(H2,18,19,22). The number of hydrogen-bond donors (Lipinski definition) is 3. The van der Waals surface area contributed by atoms with Crippen LogP contribution in [0, 0.1) is 0 Å². The maximum absolute atomic E-state index is 12.2. The fourth-order valence-electron chi connectivity index (χ4n) is 3.63. The summed E-state index contributed by atoms with van der Waals surface area (Å²) >= 11 is 1.44. The van der Waals surface area contributed by atoms with E-state index in [9.17, 15) is 14.7 Å². The number of carbonyl (C=O) groups is 2. The first-order valence-electron chi connectivity index (χ1n) is 8.60. The predicted octanol–water partition coefficient (Wildman–Crippen LogP) is 4.17. The van der Waals surface area contributed by atoms with Crippen molar-refractivity contribution in [2.75, 3.05) is 5.32 Å². The van der Waals surface area contributed by atoms with Crippen molar-refractivity contribution in [3.8, 4) is 0 Å². The number of rotatable bonds is 3. The minimum Gasteiger partial charge on any atom is -0.478 e. The number of aromatic carboxylic acids is 1. The molecule has 6 heteroatoms. The van der Waals surface area contributed by atoms with Crippen LogP contribution < -0.4 is 10.6 Å². The van der Waals surface area contributed by atoms with Crippen LogP contribution in [-0.2, 0) is 12.8 Å². The molecule has 1 fully saturated rings. The summed E-state index contributed by atoms with van der Waals surface area (Å²) in [4.78, 5) is 25.0. The molecular formula is C17H24N2O3S. The number of aryl methyl sites for hydroxylation is 1. The zero-order valence-corrected chi connectivity index (χ0v) is 14.1. The summed E-state index contributed by atoms with van der Waals surface area (Å²) in [5, 5.41) is 15.9. The van der Waals surface area contributed by atoms with Gasteiger partial charge < -0.3 is 10.4 Å². The molecule has 2 amide bonds. The Balaban J connectivity index is 1.73. The molecule has 0 spiro atoms. The molecule has 2 aliphatic rings. The van der Waals surface area contributed by atoms with E-state index in [1.54, 1.807) is 0 Å². The minimum absolute atomic E-state index is 0.217. The van der Waals surface area contributed by atoms with Crippen molar-refractivity contribution in [2.45, 2.75) is 70.3 Å². The van der Waals surface area contributed by atoms with Gasteiger partial charge in [0.2, 0.25) is 0 Å². The molecule has 126 valence electrons. The Morgan fingerprint density at radius 2 is 1.70 bits per heavy atom. The summed E-state index contributed by atoms with van der Waals surface area (Å²) in [7, 11) is 0. The molecule has 0 atom stereocenters. The van der Waals surface area contributed by atoms with Crippen molar-refractivity contribution in [3.63, 3.8) is 0 Å². The second-order valence-corrected chi connectivity index (χ2v) is 7.61. The molecule has 1 aromatic heterocycles. The molecule has 0 aromatic carbocycles. The molecular weight excluding hydrogens is 312 g/mol. The lowest BCUT2D eigenvalue weighted by Gasteiger charge is -2.22. The van der Waals surface area contributed by atoms with Crippen LogP contribution in [-0.4, -0.2) is 23.1 Å². The normalized spacial score (nSPS) is 18.8. The molecule has 23 heavy (non-hydrogen) atoms. The van der Waals surface area contributed by atoms with Crippen LogP contribution >= 0.6 is 11.3 Å². The molecule has 0 saturated heterocycles. The van der Waals surface area contributed by atoms with E-state index in [1.165, 1.54) is 17.8 Å². The fraction of sp³-hybridized carbons (Fsp3) is 0.647. The Morgan fingerprint density at radius 1 is 1.00 bits per heavy atom. The van der Waals surface area contributed by atoms with Gasteiger partial charge in [0.05, 0.1) is 5.56 Å². The third kappa shape index (κ3) is 3.86. The molecule has 5 nitrogen and oxygen atoms in total. The van der Waals surface area contributed by atoms with Gasteiger partial charge in [0.25, 0.3) is 0 Å². The largest absolute Gasteiger partial charge is 0.478 e. The first kappa shape index (κ1) is 16.3. The number of carboxylic acids is 1. The summed E-state index contributed by atoms with van der Waals surface area (Å²) < 4.78 is 0. The zero-order chi connectivity index (χ0) is 16.2. The third-order valence-electron chi connectivity index (χ3n) is 4.80. The molecule has 0 bridgehead atoms. The van der Waals surface area contributed by atoms with E-state index in [1.807, 2.05) is 0 Å². The van der Waals surface area contributed by atoms with E-state index < -0.39 is 5.97 Å². The van der Waals surface area contributed by atoms with Crippen LogP contribution in [0.1, 0.15) is 72.2 Å². The first-order valence-corrected chi connectivity index (χ1v) is 9.42. The number of urea groups is 1. The molecule has 0 unspecified atom stereocenters. The van der Waals surface area contributed by atoms with E-state index in [0.717, 1.165) is 68.2 Å².